The minimum absolute atomic E-state index is 0.0943. The van der Waals surface area contributed by atoms with Crippen molar-refractivity contribution in [2.24, 2.45) is 0 Å². The van der Waals surface area contributed by atoms with Gasteiger partial charge in [0, 0.05) is 12.5 Å². The molecule has 0 bridgehead atoms. The second-order valence-corrected chi connectivity index (χ2v) is 4.12. The standard InChI is InChI=1S/C13H18FNO3/c1-9(8-16)15-13(17)6-4-10-3-5-12(18-2)11(14)7-10/h3,5,7,9,16H,4,6,8H2,1-2H3,(H,15,17). The lowest BCUT2D eigenvalue weighted by Crippen LogP contribution is -2.35. The predicted octanol–water partition coefficient (Wildman–Crippen LogP) is 1.26. The van der Waals surface area contributed by atoms with Gasteiger partial charge in [0.2, 0.25) is 5.91 Å². The molecule has 1 aromatic carbocycles. The van der Waals surface area contributed by atoms with Gasteiger partial charge in [0.25, 0.3) is 0 Å². The van der Waals surface area contributed by atoms with Gasteiger partial charge in [-0.25, -0.2) is 4.39 Å². The Labute approximate surface area is 106 Å². The van der Waals surface area contributed by atoms with Gasteiger partial charge in [-0.15, -0.1) is 0 Å². The number of amides is 1. The van der Waals surface area contributed by atoms with Gasteiger partial charge >= 0.3 is 0 Å². The molecule has 0 fully saturated rings. The summed E-state index contributed by atoms with van der Waals surface area (Å²) in [5.41, 5.74) is 0.736. The SMILES string of the molecule is COc1ccc(CCC(=O)NC(C)CO)cc1F. The number of ether oxygens (including phenoxy) is 1. The summed E-state index contributed by atoms with van der Waals surface area (Å²) in [5, 5.41) is 11.4. The molecule has 0 aliphatic heterocycles. The van der Waals surface area contributed by atoms with Crippen LogP contribution in [0, 0.1) is 5.82 Å². The van der Waals surface area contributed by atoms with Crippen LogP contribution in [0.2, 0.25) is 0 Å². The molecule has 5 heteroatoms. The lowest BCUT2D eigenvalue weighted by Gasteiger charge is -2.10. The van der Waals surface area contributed by atoms with Crippen molar-refractivity contribution in [1.29, 1.82) is 0 Å². The first-order valence-corrected chi connectivity index (χ1v) is 5.79. The number of hydrogen-bond acceptors (Lipinski definition) is 3. The number of aryl methyl sites for hydroxylation is 1. The van der Waals surface area contributed by atoms with Crippen molar-refractivity contribution in [3.63, 3.8) is 0 Å². The van der Waals surface area contributed by atoms with Gasteiger partial charge in [-0.3, -0.25) is 4.79 Å². The van der Waals surface area contributed by atoms with Gasteiger partial charge in [-0.2, -0.15) is 0 Å². The number of nitrogens with one attached hydrogen (secondary N) is 1. The zero-order chi connectivity index (χ0) is 13.5. The first kappa shape index (κ1) is 14.4. The Hall–Kier alpha value is -1.62. The van der Waals surface area contributed by atoms with Crippen LogP contribution >= 0.6 is 0 Å². The van der Waals surface area contributed by atoms with E-state index in [1.165, 1.54) is 13.2 Å². The van der Waals surface area contributed by atoms with Crippen molar-refractivity contribution >= 4 is 5.91 Å². The summed E-state index contributed by atoms with van der Waals surface area (Å²) in [4.78, 5) is 11.5. The first-order valence-electron chi connectivity index (χ1n) is 5.79. The maximum Gasteiger partial charge on any atom is 0.220 e. The van der Waals surface area contributed by atoms with Crippen LogP contribution in [0.15, 0.2) is 18.2 Å². The van der Waals surface area contributed by atoms with E-state index in [0.717, 1.165) is 5.56 Å². The molecule has 18 heavy (non-hydrogen) atoms. The van der Waals surface area contributed by atoms with E-state index in [4.69, 9.17) is 9.84 Å². The second-order valence-electron chi connectivity index (χ2n) is 4.12. The van der Waals surface area contributed by atoms with Crippen molar-refractivity contribution in [2.75, 3.05) is 13.7 Å². The van der Waals surface area contributed by atoms with Gasteiger partial charge in [0.15, 0.2) is 11.6 Å². The van der Waals surface area contributed by atoms with Crippen LogP contribution in [0.4, 0.5) is 4.39 Å². The lowest BCUT2D eigenvalue weighted by molar-refractivity contribution is -0.121. The molecule has 0 aliphatic rings. The fourth-order valence-corrected chi connectivity index (χ4v) is 1.52. The van der Waals surface area contributed by atoms with E-state index in [1.807, 2.05) is 0 Å². The number of rotatable bonds is 6. The zero-order valence-corrected chi connectivity index (χ0v) is 10.6. The van der Waals surface area contributed by atoms with Crippen molar-refractivity contribution in [2.45, 2.75) is 25.8 Å². The molecule has 0 heterocycles. The number of benzene rings is 1. The Kier molecular flexibility index (Phi) is 5.58. The smallest absolute Gasteiger partial charge is 0.220 e. The number of hydrogen-bond donors (Lipinski definition) is 2. The van der Waals surface area contributed by atoms with E-state index in [1.54, 1.807) is 19.1 Å². The van der Waals surface area contributed by atoms with Crippen molar-refractivity contribution in [3.8, 4) is 5.75 Å². The van der Waals surface area contributed by atoms with Crippen LogP contribution in [0.5, 0.6) is 5.75 Å². The topological polar surface area (TPSA) is 58.6 Å². The summed E-state index contributed by atoms with van der Waals surface area (Å²) in [5.74, 6) is -0.399. The molecule has 1 rings (SSSR count). The molecular formula is C13H18FNO3. The molecule has 0 aromatic heterocycles. The average Bonchev–Trinajstić information content (AvgIpc) is 2.36. The van der Waals surface area contributed by atoms with E-state index in [2.05, 4.69) is 5.32 Å². The second kappa shape index (κ2) is 6.96. The number of halogens is 1. The van der Waals surface area contributed by atoms with Crippen LogP contribution in [-0.4, -0.2) is 30.8 Å². The molecule has 1 unspecified atom stereocenters. The number of aliphatic hydroxyl groups excluding tert-OH is 1. The van der Waals surface area contributed by atoms with Gasteiger partial charge in [-0.05, 0) is 31.0 Å². The van der Waals surface area contributed by atoms with Crippen LogP contribution < -0.4 is 10.1 Å². The summed E-state index contributed by atoms with van der Waals surface area (Å²) in [6.07, 6.45) is 0.709. The molecule has 0 saturated carbocycles. The molecule has 4 nitrogen and oxygen atoms in total. The monoisotopic (exact) mass is 255 g/mol. The molecule has 2 N–H and O–H groups in total. The Morgan fingerprint density at radius 3 is 2.83 bits per heavy atom. The molecule has 1 aromatic rings. The molecule has 1 amide bonds. The van der Waals surface area contributed by atoms with Crippen LogP contribution in [0.3, 0.4) is 0 Å². The summed E-state index contributed by atoms with van der Waals surface area (Å²) in [6, 6.07) is 4.37. The molecule has 1 atom stereocenters. The number of aliphatic hydroxyl groups is 1. The van der Waals surface area contributed by atoms with E-state index >= 15 is 0 Å². The van der Waals surface area contributed by atoms with Gasteiger partial charge < -0.3 is 15.2 Å². The van der Waals surface area contributed by atoms with E-state index in [9.17, 15) is 9.18 Å². The number of carbonyl (C=O) groups excluding carboxylic acids is 1. The summed E-state index contributed by atoms with van der Waals surface area (Å²) < 4.78 is 18.2. The Balaban J connectivity index is 2.48. The highest BCUT2D eigenvalue weighted by atomic mass is 19.1. The third kappa shape index (κ3) is 4.33. The third-order valence-corrected chi connectivity index (χ3v) is 2.54. The van der Waals surface area contributed by atoms with E-state index in [-0.39, 0.29) is 30.7 Å². The van der Waals surface area contributed by atoms with E-state index < -0.39 is 5.82 Å². The Morgan fingerprint density at radius 1 is 1.56 bits per heavy atom. The van der Waals surface area contributed by atoms with Crippen molar-refractivity contribution in [3.05, 3.63) is 29.6 Å². The molecule has 0 spiro atoms. The Bertz CT molecular complexity index is 409. The lowest BCUT2D eigenvalue weighted by atomic mass is 10.1. The highest BCUT2D eigenvalue weighted by Gasteiger charge is 2.08. The molecule has 0 saturated heterocycles. The fourth-order valence-electron chi connectivity index (χ4n) is 1.52. The van der Waals surface area contributed by atoms with Crippen molar-refractivity contribution in [1.82, 2.24) is 5.32 Å². The number of carbonyl (C=O) groups is 1. The molecule has 0 aliphatic carbocycles. The largest absolute Gasteiger partial charge is 0.494 e. The third-order valence-electron chi connectivity index (χ3n) is 2.54. The number of methoxy groups -OCH3 is 1. The zero-order valence-electron chi connectivity index (χ0n) is 10.6. The normalized spacial score (nSPS) is 12.0. The highest BCUT2D eigenvalue weighted by Crippen LogP contribution is 2.18. The quantitative estimate of drug-likeness (QED) is 0.804. The average molecular weight is 255 g/mol. The van der Waals surface area contributed by atoms with Crippen LogP contribution in [0.25, 0.3) is 0 Å². The fraction of sp³-hybridized carbons (Fsp3) is 0.462. The molecule has 100 valence electrons. The van der Waals surface area contributed by atoms with Crippen LogP contribution in [-0.2, 0) is 11.2 Å². The van der Waals surface area contributed by atoms with Gasteiger partial charge in [0.1, 0.15) is 0 Å². The Morgan fingerprint density at radius 2 is 2.28 bits per heavy atom. The summed E-state index contributed by atoms with van der Waals surface area (Å²) in [7, 11) is 1.40. The molecule has 0 radical (unpaired) electrons. The minimum atomic E-state index is -0.431. The van der Waals surface area contributed by atoms with Crippen molar-refractivity contribution < 1.29 is 19.0 Å². The van der Waals surface area contributed by atoms with Gasteiger partial charge in [-0.1, -0.05) is 6.07 Å². The maximum absolute atomic E-state index is 13.4. The predicted molar refractivity (Wildman–Crippen MR) is 66.0 cm³/mol. The van der Waals surface area contributed by atoms with Gasteiger partial charge in [0.05, 0.1) is 13.7 Å². The first-order chi connectivity index (χ1) is 8.56. The van der Waals surface area contributed by atoms with Crippen LogP contribution in [0.1, 0.15) is 18.9 Å². The summed E-state index contributed by atoms with van der Waals surface area (Å²) in [6.45, 7) is 1.62. The maximum atomic E-state index is 13.4. The highest BCUT2D eigenvalue weighted by molar-refractivity contribution is 5.76. The summed E-state index contributed by atoms with van der Waals surface area (Å²) >= 11 is 0. The van der Waals surface area contributed by atoms with E-state index in [0.29, 0.717) is 6.42 Å². The minimum Gasteiger partial charge on any atom is -0.494 e. The molecular weight excluding hydrogens is 237 g/mol.